The standard InChI is InChI=1S/C27H27FN4O4S/c28-26-23-15-31(14-21-12-22(21)19-6-9-29-10-7-19)11-8-20(23)13-24(36-17-18-4-2-1-3-5-18)27(26)32-16-25(33)30-37(32,34)35/h1-7,9-10,13,21-22H,8,11-12,14-17H2,(H,30,33)/t21-,22-/m1/s1. The topological polar surface area (TPSA) is 91.8 Å². The maximum Gasteiger partial charge on any atom is 0.326 e. The molecule has 0 spiro atoms. The molecule has 1 aliphatic carbocycles. The van der Waals surface area contributed by atoms with Crippen molar-refractivity contribution in [2.24, 2.45) is 5.92 Å². The molecule has 0 radical (unpaired) electrons. The second-order valence-electron chi connectivity index (χ2n) is 9.85. The number of halogens is 1. The lowest BCUT2D eigenvalue weighted by Crippen LogP contribution is -2.35. The third-order valence-electron chi connectivity index (χ3n) is 7.33. The Kier molecular flexibility index (Phi) is 6.08. The lowest BCUT2D eigenvalue weighted by molar-refractivity contribution is -0.117. The second-order valence-corrected chi connectivity index (χ2v) is 11.4. The van der Waals surface area contributed by atoms with Gasteiger partial charge in [0, 0.05) is 37.6 Å². The maximum absolute atomic E-state index is 16.2. The molecule has 3 aromatic rings. The highest BCUT2D eigenvalue weighted by atomic mass is 32.2. The largest absolute Gasteiger partial charge is 0.487 e. The van der Waals surface area contributed by atoms with Crippen molar-refractivity contribution in [3.8, 4) is 5.75 Å². The summed E-state index contributed by atoms with van der Waals surface area (Å²) < 4.78 is 50.2. The van der Waals surface area contributed by atoms with Crippen LogP contribution in [-0.2, 0) is 34.6 Å². The number of anilines is 1. The van der Waals surface area contributed by atoms with Crippen LogP contribution >= 0.6 is 0 Å². The smallest absolute Gasteiger partial charge is 0.326 e. The number of carbonyl (C=O) groups excluding carboxylic acids is 1. The monoisotopic (exact) mass is 522 g/mol. The van der Waals surface area contributed by atoms with Gasteiger partial charge in [-0.15, -0.1) is 0 Å². The highest BCUT2D eigenvalue weighted by molar-refractivity contribution is 7.92. The van der Waals surface area contributed by atoms with Gasteiger partial charge in [-0.05, 0) is 59.6 Å². The first-order valence-corrected chi connectivity index (χ1v) is 13.8. The van der Waals surface area contributed by atoms with E-state index >= 15 is 4.39 Å². The van der Waals surface area contributed by atoms with E-state index in [-0.39, 0.29) is 18.0 Å². The van der Waals surface area contributed by atoms with Crippen LogP contribution in [0, 0.1) is 11.7 Å². The number of carbonyl (C=O) groups is 1. The molecule has 8 nitrogen and oxygen atoms in total. The SMILES string of the molecule is O=C1CN(c2c(OCc3ccccc3)cc3c(c2F)CN(C[C@H]2C[C@@H]2c2ccncc2)CC3)S(=O)(=O)N1. The van der Waals surface area contributed by atoms with Crippen LogP contribution in [0.5, 0.6) is 5.75 Å². The number of pyridine rings is 1. The van der Waals surface area contributed by atoms with E-state index in [9.17, 15) is 13.2 Å². The van der Waals surface area contributed by atoms with Crippen molar-refractivity contribution in [3.05, 3.63) is 89.0 Å². The Hall–Kier alpha value is -3.50. The molecule has 2 aromatic carbocycles. The van der Waals surface area contributed by atoms with Gasteiger partial charge in [-0.1, -0.05) is 30.3 Å². The van der Waals surface area contributed by atoms with Gasteiger partial charge in [-0.25, -0.2) is 13.4 Å². The first kappa shape index (κ1) is 23.9. The number of ether oxygens (including phenoxy) is 1. The minimum Gasteiger partial charge on any atom is -0.487 e. The highest BCUT2D eigenvalue weighted by Gasteiger charge is 2.41. The Balaban J connectivity index is 1.28. The summed E-state index contributed by atoms with van der Waals surface area (Å²) in [4.78, 5) is 18.3. The van der Waals surface area contributed by atoms with Crippen molar-refractivity contribution in [2.75, 3.05) is 23.9 Å². The molecular weight excluding hydrogens is 495 g/mol. The molecule has 37 heavy (non-hydrogen) atoms. The molecular formula is C27H27FN4O4S. The molecule has 0 unspecified atom stereocenters. The van der Waals surface area contributed by atoms with Crippen LogP contribution in [0.25, 0.3) is 0 Å². The normalized spacial score (nSPS) is 22.4. The highest BCUT2D eigenvalue weighted by Crippen LogP contribution is 2.48. The molecule has 1 aromatic heterocycles. The zero-order valence-corrected chi connectivity index (χ0v) is 21.0. The minimum absolute atomic E-state index is 0.119. The molecule has 1 saturated heterocycles. The quantitative estimate of drug-likeness (QED) is 0.513. The van der Waals surface area contributed by atoms with E-state index in [1.54, 1.807) is 6.07 Å². The zero-order valence-electron chi connectivity index (χ0n) is 20.1. The fourth-order valence-corrected chi connectivity index (χ4v) is 6.52. The van der Waals surface area contributed by atoms with E-state index in [4.69, 9.17) is 4.74 Å². The first-order valence-electron chi connectivity index (χ1n) is 12.4. The van der Waals surface area contributed by atoms with Crippen molar-refractivity contribution in [1.82, 2.24) is 14.6 Å². The van der Waals surface area contributed by atoms with Crippen LogP contribution in [0.2, 0.25) is 0 Å². The molecule has 3 aliphatic rings. The van der Waals surface area contributed by atoms with Crippen LogP contribution in [0.15, 0.2) is 60.9 Å². The minimum atomic E-state index is -4.21. The van der Waals surface area contributed by atoms with Gasteiger partial charge in [0.2, 0.25) is 0 Å². The predicted molar refractivity (Wildman–Crippen MR) is 136 cm³/mol. The number of rotatable bonds is 7. The van der Waals surface area contributed by atoms with Gasteiger partial charge in [0.05, 0.1) is 0 Å². The summed E-state index contributed by atoms with van der Waals surface area (Å²) >= 11 is 0. The van der Waals surface area contributed by atoms with Gasteiger partial charge in [-0.3, -0.25) is 14.7 Å². The van der Waals surface area contributed by atoms with Crippen LogP contribution < -0.4 is 13.8 Å². The van der Waals surface area contributed by atoms with Gasteiger partial charge in [0.25, 0.3) is 5.91 Å². The Morgan fingerprint density at radius 2 is 1.89 bits per heavy atom. The molecule has 3 heterocycles. The summed E-state index contributed by atoms with van der Waals surface area (Å²) in [5.74, 6) is -0.241. The average Bonchev–Trinajstić information content (AvgIpc) is 3.60. The number of hydrogen-bond donors (Lipinski definition) is 1. The van der Waals surface area contributed by atoms with E-state index in [0.717, 1.165) is 34.9 Å². The molecule has 10 heteroatoms. The van der Waals surface area contributed by atoms with Crippen molar-refractivity contribution in [1.29, 1.82) is 0 Å². The summed E-state index contributed by atoms with van der Waals surface area (Å²) in [5.41, 5.74) is 3.20. The van der Waals surface area contributed by atoms with Gasteiger partial charge >= 0.3 is 10.2 Å². The number of fused-ring (bicyclic) bond motifs is 1. The van der Waals surface area contributed by atoms with Crippen LogP contribution in [-0.4, -0.2) is 43.8 Å². The lowest BCUT2D eigenvalue weighted by atomic mass is 9.97. The van der Waals surface area contributed by atoms with Gasteiger partial charge in [0.1, 0.15) is 24.6 Å². The third-order valence-corrected chi connectivity index (χ3v) is 8.71. The summed E-state index contributed by atoms with van der Waals surface area (Å²) in [6, 6.07) is 15.2. The Morgan fingerprint density at radius 1 is 1.11 bits per heavy atom. The molecule has 192 valence electrons. The van der Waals surface area contributed by atoms with E-state index in [1.807, 2.05) is 59.6 Å². The molecule has 1 saturated carbocycles. The maximum atomic E-state index is 16.2. The van der Waals surface area contributed by atoms with E-state index in [2.05, 4.69) is 9.88 Å². The number of aromatic nitrogens is 1. The summed E-state index contributed by atoms with van der Waals surface area (Å²) in [6.07, 6.45) is 5.34. The Morgan fingerprint density at radius 3 is 2.62 bits per heavy atom. The van der Waals surface area contributed by atoms with Gasteiger partial charge in [0.15, 0.2) is 5.82 Å². The number of amides is 1. The number of nitrogens with zero attached hydrogens (tertiary/aromatic N) is 3. The molecule has 2 atom stereocenters. The number of hydrogen-bond acceptors (Lipinski definition) is 6. The molecule has 2 aliphatic heterocycles. The fourth-order valence-electron chi connectivity index (χ4n) is 5.36. The number of nitrogens with one attached hydrogen (secondary N) is 1. The summed E-state index contributed by atoms with van der Waals surface area (Å²) in [6.45, 7) is 1.66. The van der Waals surface area contributed by atoms with Crippen LogP contribution in [0.4, 0.5) is 10.1 Å². The molecule has 1 amide bonds. The van der Waals surface area contributed by atoms with Crippen LogP contribution in [0.1, 0.15) is 34.6 Å². The van der Waals surface area contributed by atoms with Crippen molar-refractivity contribution < 1.29 is 22.3 Å². The van der Waals surface area contributed by atoms with Crippen molar-refractivity contribution >= 4 is 21.8 Å². The average molecular weight is 523 g/mol. The lowest BCUT2D eigenvalue weighted by Gasteiger charge is -2.31. The first-order chi connectivity index (χ1) is 17.9. The molecule has 6 rings (SSSR count). The molecule has 0 bridgehead atoms. The zero-order chi connectivity index (χ0) is 25.6. The van der Waals surface area contributed by atoms with Gasteiger partial charge in [-0.2, -0.15) is 8.42 Å². The fraction of sp³-hybridized carbons (Fsp3) is 0.333. The predicted octanol–water partition coefficient (Wildman–Crippen LogP) is 3.14. The molecule has 1 N–H and O–H groups in total. The summed E-state index contributed by atoms with van der Waals surface area (Å²) in [5, 5.41) is 0. The third kappa shape index (κ3) is 4.78. The number of benzene rings is 2. The van der Waals surface area contributed by atoms with E-state index in [0.29, 0.717) is 30.4 Å². The van der Waals surface area contributed by atoms with E-state index in [1.165, 1.54) is 5.56 Å². The molecule has 2 fully saturated rings. The Labute approximate surface area is 215 Å². The van der Waals surface area contributed by atoms with E-state index < -0.39 is 28.5 Å². The van der Waals surface area contributed by atoms with Crippen LogP contribution in [0.3, 0.4) is 0 Å². The summed E-state index contributed by atoms with van der Waals surface area (Å²) in [7, 11) is -4.21. The van der Waals surface area contributed by atoms with Gasteiger partial charge < -0.3 is 4.74 Å². The second kappa shape index (κ2) is 9.42. The Bertz CT molecular complexity index is 1440. The van der Waals surface area contributed by atoms with Crippen molar-refractivity contribution in [2.45, 2.75) is 31.9 Å². The van der Waals surface area contributed by atoms with Crippen molar-refractivity contribution in [3.63, 3.8) is 0 Å².